The molecule has 29 heavy (non-hydrogen) atoms. The van der Waals surface area contributed by atoms with E-state index in [-0.39, 0.29) is 18.9 Å². The Morgan fingerprint density at radius 1 is 1.10 bits per heavy atom. The highest BCUT2D eigenvalue weighted by Gasteiger charge is 2.42. The molecule has 0 spiro atoms. The Morgan fingerprint density at radius 3 is 2.62 bits per heavy atom. The molecule has 1 fully saturated rings. The Labute approximate surface area is 169 Å². The van der Waals surface area contributed by atoms with Gasteiger partial charge in [0, 0.05) is 19.5 Å². The number of methoxy groups -OCH3 is 1. The first kappa shape index (κ1) is 19.2. The fraction of sp³-hybridized carbons (Fsp3) is 0.364. The fourth-order valence-electron chi connectivity index (χ4n) is 4.07. The van der Waals surface area contributed by atoms with Crippen molar-refractivity contribution in [1.29, 1.82) is 0 Å². The maximum Gasteiger partial charge on any atom is 0.322 e. The molecule has 3 amide bonds. The number of ether oxygens (including phenoxy) is 1. The number of nitrogens with one attached hydrogen (secondary N) is 1. The van der Waals surface area contributed by atoms with Crippen molar-refractivity contribution >= 4 is 17.6 Å². The number of para-hydroxylation sites is 2. The van der Waals surface area contributed by atoms with Crippen molar-refractivity contribution in [3.05, 3.63) is 59.7 Å². The third-order valence-corrected chi connectivity index (χ3v) is 5.59. The molecular formula is C22H24FN3O3. The maximum absolute atomic E-state index is 14.2. The van der Waals surface area contributed by atoms with Gasteiger partial charge in [-0.3, -0.25) is 4.79 Å². The van der Waals surface area contributed by atoms with Crippen LogP contribution in [0.25, 0.3) is 0 Å². The van der Waals surface area contributed by atoms with E-state index in [1.807, 2.05) is 18.2 Å². The molecule has 2 aliphatic heterocycles. The number of nitrogens with zero attached hydrogens (tertiary/aromatic N) is 2. The molecule has 2 heterocycles. The Balaban J connectivity index is 1.49. The second kappa shape index (κ2) is 8.11. The van der Waals surface area contributed by atoms with Gasteiger partial charge < -0.3 is 19.9 Å². The molecule has 2 aliphatic rings. The first-order valence-corrected chi connectivity index (χ1v) is 9.77. The van der Waals surface area contributed by atoms with Crippen molar-refractivity contribution < 1.29 is 18.7 Å². The normalized spacial score (nSPS) is 20.9. The average molecular weight is 397 g/mol. The minimum Gasteiger partial charge on any atom is -0.495 e. The molecule has 4 rings (SSSR count). The molecule has 0 unspecified atom stereocenters. The summed E-state index contributed by atoms with van der Waals surface area (Å²) in [7, 11) is 1.51. The molecule has 7 heteroatoms. The number of fused-ring (bicyclic) bond motifs is 1. The monoisotopic (exact) mass is 397 g/mol. The molecule has 6 nitrogen and oxygen atoms in total. The Kier molecular flexibility index (Phi) is 5.38. The summed E-state index contributed by atoms with van der Waals surface area (Å²) in [6.45, 7) is 0.970. The van der Waals surface area contributed by atoms with Crippen LogP contribution in [-0.2, 0) is 17.8 Å². The van der Waals surface area contributed by atoms with Gasteiger partial charge in [0.2, 0.25) is 5.91 Å². The third kappa shape index (κ3) is 3.90. The minimum atomic E-state index is -1.22. The molecule has 0 radical (unpaired) electrons. The molecular weight excluding hydrogens is 373 g/mol. The molecule has 1 N–H and O–H groups in total. The van der Waals surface area contributed by atoms with E-state index in [0.717, 1.165) is 12.0 Å². The summed E-state index contributed by atoms with van der Waals surface area (Å²) in [5, 5.41) is 2.75. The molecule has 0 aromatic heterocycles. The molecule has 152 valence electrons. The lowest BCUT2D eigenvalue weighted by Crippen LogP contribution is -2.50. The number of urea groups is 1. The number of alkyl halides is 1. The van der Waals surface area contributed by atoms with Crippen LogP contribution in [0.15, 0.2) is 48.5 Å². The number of rotatable bonds is 3. The van der Waals surface area contributed by atoms with Gasteiger partial charge in [0.1, 0.15) is 18.0 Å². The van der Waals surface area contributed by atoms with Gasteiger partial charge in [-0.1, -0.05) is 36.4 Å². The zero-order valence-corrected chi connectivity index (χ0v) is 16.3. The Bertz CT molecular complexity index is 920. The van der Waals surface area contributed by atoms with Gasteiger partial charge in [-0.15, -0.1) is 0 Å². The standard InChI is InChI=1S/C22H24FN3O3/c1-29-20-9-5-4-8-18(20)24-22(28)26-14-17(23)12-19(26)21(27)25-11-10-15-6-2-3-7-16(15)13-25/h2-9,17,19H,10-14H2,1H3,(H,24,28)/t17-,19-/m0/s1. The highest BCUT2D eigenvalue weighted by molar-refractivity contribution is 5.95. The first-order chi connectivity index (χ1) is 14.1. The highest BCUT2D eigenvalue weighted by Crippen LogP contribution is 2.28. The number of carbonyl (C=O) groups is 2. The summed E-state index contributed by atoms with van der Waals surface area (Å²) in [5.74, 6) is 0.308. The topological polar surface area (TPSA) is 61.9 Å². The molecule has 2 aromatic rings. The van der Waals surface area contributed by atoms with Crippen molar-refractivity contribution in [2.75, 3.05) is 25.5 Å². The summed E-state index contributed by atoms with van der Waals surface area (Å²) in [6.07, 6.45) is -0.429. The summed E-state index contributed by atoms with van der Waals surface area (Å²) >= 11 is 0. The summed E-state index contributed by atoms with van der Waals surface area (Å²) in [5.41, 5.74) is 2.82. The minimum absolute atomic E-state index is 0.0241. The van der Waals surface area contributed by atoms with Crippen LogP contribution < -0.4 is 10.1 Å². The van der Waals surface area contributed by atoms with Crippen LogP contribution in [0.4, 0.5) is 14.9 Å². The lowest BCUT2D eigenvalue weighted by Gasteiger charge is -2.33. The van der Waals surface area contributed by atoms with Crippen molar-refractivity contribution in [1.82, 2.24) is 9.80 Å². The van der Waals surface area contributed by atoms with E-state index in [1.54, 1.807) is 29.2 Å². The van der Waals surface area contributed by atoms with E-state index in [4.69, 9.17) is 4.74 Å². The van der Waals surface area contributed by atoms with Crippen LogP contribution in [0, 0.1) is 0 Å². The molecule has 2 atom stereocenters. The van der Waals surface area contributed by atoms with Gasteiger partial charge in [0.15, 0.2) is 0 Å². The number of amides is 3. The summed E-state index contributed by atoms with van der Waals surface area (Å²) < 4.78 is 19.5. The fourth-order valence-corrected chi connectivity index (χ4v) is 4.07. The zero-order chi connectivity index (χ0) is 20.4. The van der Waals surface area contributed by atoms with E-state index < -0.39 is 18.2 Å². The second-order valence-electron chi connectivity index (χ2n) is 7.41. The van der Waals surface area contributed by atoms with E-state index in [0.29, 0.717) is 24.5 Å². The van der Waals surface area contributed by atoms with Gasteiger partial charge in [0.05, 0.1) is 19.3 Å². The quantitative estimate of drug-likeness (QED) is 0.865. The number of hydrogen-bond donors (Lipinski definition) is 1. The molecule has 2 aromatic carbocycles. The smallest absolute Gasteiger partial charge is 0.322 e. The number of hydrogen-bond acceptors (Lipinski definition) is 3. The number of anilines is 1. The highest BCUT2D eigenvalue weighted by atomic mass is 19.1. The van der Waals surface area contributed by atoms with Crippen LogP contribution in [0.1, 0.15) is 17.5 Å². The number of carbonyl (C=O) groups excluding carboxylic acids is 2. The van der Waals surface area contributed by atoms with E-state index in [2.05, 4.69) is 11.4 Å². The van der Waals surface area contributed by atoms with Crippen molar-refractivity contribution in [2.24, 2.45) is 0 Å². The van der Waals surface area contributed by atoms with Crippen molar-refractivity contribution in [2.45, 2.75) is 31.6 Å². The van der Waals surface area contributed by atoms with E-state index in [9.17, 15) is 14.0 Å². The Morgan fingerprint density at radius 2 is 1.83 bits per heavy atom. The Hall–Kier alpha value is -3.09. The van der Waals surface area contributed by atoms with Crippen LogP contribution in [0.5, 0.6) is 5.75 Å². The van der Waals surface area contributed by atoms with Gasteiger partial charge in [-0.05, 0) is 29.7 Å². The van der Waals surface area contributed by atoms with Crippen LogP contribution in [-0.4, -0.2) is 54.2 Å². The average Bonchev–Trinajstić information content (AvgIpc) is 3.15. The molecule has 0 bridgehead atoms. The van der Waals surface area contributed by atoms with Gasteiger partial charge in [0.25, 0.3) is 0 Å². The van der Waals surface area contributed by atoms with E-state index in [1.165, 1.54) is 17.6 Å². The third-order valence-electron chi connectivity index (χ3n) is 5.59. The zero-order valence-electron chi connectivity index (χ0n) is 16.3. The van der Waals surface area contributed by atoms with Crippen molar-refractivity contribution in [3.63, 3.8) is 0 Å². The maximum atomic E-state index is 14.2. The number of halogens is 1. The molecule has 1 saturated heterocycles. The van der Waals surface area contributed by atoms with Gasteiger partial charge in [-0.2, -0.15) is 0 Å². The lowest BCUT2D eigenvalue weighted by molar-refractivity contribution is -0.136. The largest absolute Gasteiger partial charge is 0.495 e. The lowest BCUT2D eigenvalue weighted by atomic mass is 9.99. The molecule has 0 saturated carbocycles. The number of likely N-dealkylation sites (tertiary alicyclic amines) is 1. The second-order valence-corrected chi connectivity index (χ2v) is 7.41. The number of benzene rings is 2. The van der Waals surface area contributed by atoms with Crippen molar-refractivity contribution in [3.8, 4) is 5.75 Å². The summed E-state index contributed by atoms with van der Waals surface area (Å²) in [6, 6.07) is 13.7. The summed E-state index contributed by atoms with van der Waals surface area (Å²) in [4.78, 5) is 29.0. The van der Waals surface area contributed by atoms with Crippen LogP contribution in [0.2, 0.25) is 0 Å². The predicted octanol–water partition coefficient (Wildman–Crippen LogP) is 3.22. The van der Waals surface area contributed by atoms with Crippen LogP contribution >= 0.6 is 0 Å². The van der Waals surface area contributed by atoms with E-state index >= 15 is 0 Å². The predicted molar refractivity (Wildman–Crippen MR) is 108 cm³/mol. The first-order valence-electron chi connectivity index (χ1n) is 9.77. The molecule has 0 aliphatic carbocycles. The SMILES string of the molecule is COc1ccccc1NC(=O)N1C[C@@H](F)C[C@H]1C(=O)N1CCc2ccccc2C1. The van der Waals surface area contributed by atoms with Gasteiger partial charge >= 0.3 is 6.03 Å². The van der Waals surface area contributed by atoms with Crippen LogP contribution in [0.3, 0.4) is 0 Å². The van der Waals surface area contributed by atoms with Gasteiger partial charge in [-0.25, -0.2) is 9.18 Å².